The Hall–Kier alpha value is -2.94. The standard InChI is InChI=1S/C19H28N8O/c1-3-4-8-28-19-25-16(21)18-24-12-15(27(18)26-19)10-14-9-13(2)17(23-11-14)22-7-5-6-20/h9,11-12H,3-8,10,20H2,1-2H3,(H,22,23)(H2,21,25,26). The summed E-state index contributed by atoms with van der Waals surface area (Å²) < 4.78 is 7.31. The molecule has 28 heavy (non-hydrogen) atoms. The van der Waals surface area contributed by atoms with Gasteiger partial charge in [0.05, 0.1) is 18.5 Å². The van der Waals surface area contributed by atoms with Gasteiger partial charge in [0.15, 0.2) is 11.5 Å². The lowest BCUT2D eigenvalue weighted by Gasteiger charge is -2.10. The first-order valence-electron chi connectivity index (χ1n) is 9.64. The molecule has 0 saturated carbocycles. The minimum Gasteiger partial charge on any atom is -0.462 e. The molecule has 3 aromatic heterocycles. The highest BCUT2D eigenvalue weighted by atomic mass is 16.5. The third kappa shape index (κ3) is 4.66. The molecule has 0 aliphatic carbocycles. The van der Waals surface area contributed by atoms with Crippen molar-refractivity contribution in [3.05, 3.63) is 35.3 Å². The number of aromatic nitrogens is 5. The number of nitrogens with one attached hydrogen (secondary N) is 1. The summed E-state index contributed by atoms with van der Waals surface area (Å²) in [6.45, 7) is 6.18. The zero-order valence-corrected chi connectivity index (χ0v) is 16.5. The number of anilines is 2. The van der Waals surface area contributed by atoms with Gasteiger partial charge in [-0.15, -0.1) is 5.10 Å². The summed E-state index contributed by atoms with van der Waals surface area (Å²) in [6, 6.07) is 2.38. The van der Waals surface area contributed by atoms with Crippen LogP contribution in [0.3, 0.4) is 0 Å². The SMILES string of the molecule is CCCCOc1nc(N)c2ncc(Cc3cnc(NCCCN)c(C)c3)n2n1. The molecule has 3 aromatic rings. The van der Waals surface area contributed by atoms with Crippen LogP contribution in [0.25, 0.3) is 5.65 Å². The van der Waals surface area contributed by atoms with E-state index in [0.717, 1.165) is 48.4 Å². The molecule has 0 radical (unpaired) electrons. The molecule has 5 N–H and O–H groups in total. The number of aryl methyl sites for hydroxylation is 1. The van der Waals surface area contributed by atoms with Gasteiger partial charge >= 0.3 is 6.01 Å². The number of nitrogens with two attached hydrogens (primary N) is 2. The fraction of sp³-hybridized carbons (Fsp3) is 0.474. The van der Waals surface area contributed by atoms with Crippen LogP contribution in [-0.4, -0.2) is 44.3 Å². The Bertz CT molecular complexity index is 924. The van der Waals surface area contributed by atoms with Crippen molar-refractivity contribution in [3.8, 4) is 6.01 Å². The lowest BCUT2D eigenvalue weighted by atomic mass is 10.1. The minimum atomic E-state index is 0.270. The molecule has 150 valence electrons. The Morgan fingerprint density at radius 1 is 1.21 bits per heavy atom. The van der Waals surface area contributed by atoms with Crippen molar-refractivity contribution in [1.82, 2.24) is 24.6 Å². The van der Waals surface area contributed by atoms with Crippen LogP contribution in [0.1, 0.15) is 43.0 Å². The highest BCUT2D eigenvalue weighted by Gasteiger charge is 2.13. The minimum absolute atomic E-state index is 0.270. The molecule has 3 heterocycles. The van der Waals surface area contributed by atoms with Crippen LogP contribution >= 0.6 is 0 Å². The van der Waals surface area contributed by atoms with E-state index < -0.39 is 0 Å². The van der Waals surface area contributed by atoms with Crippen molar-refractivity contribution in [2.24, 2.45) is 5.73 Å². The second kappa shape index (κ2) is 9.32. The van der Waals surface area contributed by atoms with E-state index in [0.29, 0.717) is 31.0 Å². The van der Waals surface area contributed by atoms with Crippen LogP contribution in [-0.2, 0) is 6.42 Å². The predicted octanol–water partition coefficient (Wildman–Crippen LogP) is 1.94. The van der Waals surface area contributed by atoms with Crippen molar-refractivity contribution in [2.75, 3.05) is 30.7 Å². The van der Waals surface area contributed by atoms with E-state index in [4.69, 9.17) is 16.2 Å². The normalized spacial score (nSPS) is 11.1. The molecule has 0 aliphatic heterocycles. The molecule has 9 heteroatoms. The highest BCUT2D eigenvalue weighted by Crippen LogP contribution is 2.19. The predicted molar refractivity (Wildman–Crippen MR) is 110 cm³/mol. The van der Waals surface area contributed by atoms with Gasteiger partial charge < -0.3 is 21.5 Å². The molecular formula is C19H28N8O. The number of ether oxygens (including phenoxy) is 1. The molecule has 9 nitrogen and oxygen atoms in total. The fourth-order valence-electron chi connectivity index (χ4n) is 2.85. The van der Waals surface area contributed by atoms with Crippen LogP contribution < -0.4 is 21.5 Å². The molecule has 0 aromatic carbocycles. The first-order chi connectivity index (χ1) is 13.6. The third-order valence-electron chi connectivity index (χ3n) is 4.36. The van der Waals surface area contributed by atoms with Gasteiger partial charge in [-0.3, -0.25) is 0 Å². The topological polar surface area (TPSA) is 129 Å². The van der Waals surface area contributed by atoms with E-state index >= 15 is 0 Å². The molecule has 0 saturated heterocycles. The Labute approximate surface area is 164 Å². The zero-order valence-electron chi connectivity index (χ0n) is 16.5. The van der Waals surface area contributed by atoms with Crippen LogP contribution in [0.15, 0.2) is 18.5 Å². The summed E-state index contributed by atoms with van der Waals surface area (Å²) in [5, 5.41) is 7.76. The number of imidazole rings is 1. The van der Waals surface area contributed by atoms with E-state index in [1.807, 2.05) is 13.1 Å². The number of fused-ring (bicyclic) bond motifs is 1. The average molecular weight is 384 g/mol. The molecule has 0 bridgehead atoms. The first kappa shape index (κ1) is 19.8. The van der Waals surface area contributed by atoms with Crippen molar-refractivity contribution >= 4 is 17.3 Å². The summed E-state index contributed by atoms with van der Waals surface area (Å²) in [7, 11) is 0. The molecule has 0 aliphatic rings. The largest absolute Gasteiger partial charge is 0.462 e. The summed E-state index contributed by atoms with van der Waals surface area (Å²) in [6.07, 6.45) is 7.14. The van der Waals surface area contributed by atoms with Gasteiger partial charge in [0.2, 0.25) is 0 Å². The third-order valence-corrected chi connectivity index (χ3v) is 4.36. The summed E-state index contributed by atoms with van der Waals surface area (Å²) in [5.41, 5.74) is 15.1. The second-order valence-corrected chi connectivity index (χ2v) is 6.72. The lowest BCUT2D eigenvalue weighted by Crippen LogP contribution is -2.11. The second-order valence-electron chi connectivity index (χ2n) is 6.72. The lowest BCUT2D eigenvalue weighted by molar-refractivity contribution is 0.280. The maximum absolute atomic E-state index is 6.03. The molecule has 0 atom stereocenters. The maximum Gasteiger partial charge on any atom is 0.336 e. The van der Waals surface area contributed by atoms with Crippen molar-refractivity contribution in [1.29, 1.82) is 0 Å². The fourth-order valence-corrected chi connectivity index (χ4v) is 2.85. The monoisotopic (exact) mass is 384 g/mol. The van der Waals surface area contributed by atoms with Crippen LogP contribution in [0.5, 0.6) is 6.01 Å². The Morgan fingerprint density at radius 3 is 2.82 bits per heavy atom. The summed E-state index contributed by atoms with van der Waals surface area (Å²) >= 11 is 0. The van der Waals surface area contributed by atoms with E-state index in [-0.39, 0.29) is 6.01 Å². The number of rotatable bonds is 10. The van der Waals surface area contributed by atoms with E-state index in [1.165, 1.54) is 0 Å². The van der Waals surface area contributed by atoms with Gasteiger partial charge in [-0.05, 0) is 37.4 Å². The number of nitrogens with zero attached hydrogens (tertiary/aromatic N) is 5. The van der Waals surface area contributed by atoms with E-state index in [1.54, 1.807) is 10.7 Å². The number of pyridine rings is 1. The summed E-state index contributed by atoms with van der Waals surface area (Å²) in [5.74, 6) is 1.19. The van der Waals surface area contributed by atoms with Gasteiger partial charge in [0, 0.05) is 19.2 Å². The smallest absolute Gasteiger partial charge is 0.336 e. The Kier molecular flexibility index (Phi) is 6.59. The molecule has 0 fully saturated rings. The molecule has 3 rings (SSSR count). The van der Waals surface area contributed by atoms with Crippen molar-refractivity contribution in [2.45, 2.75) is 39.5 Å². The highest BCUT2D eigenvalue weighted by molar-refractivity contribution is 5.59. The van der Waals surface area contributed by atoms with Gasteiger partial charge in [0.25, 0.3) is 0 Å². The van der Waals surface area contributed by atoms with Crippen molar-refractivity contribution in [3.63, 3.8) is 0 Å². The number of nitrogen functional groups attached to an aromatic ring is 1. The quantitative estimate of drug-likeness (QED) is 0.452. The van der Waals surface area contributed by atoms with Gasteiger partial charge in [-0.1, -0.05) is 19.4 Å². The molecule has 0 amide bonds. The summed E-state index contributed by atoms with van der Waals surface area (Å²) in [4.78, 5) is 13.1. The molecular weight excluding hydrogens is 356 g/mol. The van der Waals surface area contributed by atoms with Gasteiger partial charge in [-0.2, -0.15) is 4.98 Å². The number of unbranched alkanes of at least 4 members (excludes halogenated alkanes) is 1. The Balaban J connectivity index is 1.79. The number of hydrogen-bond donors (Lipinski definition) is 3. The van der Waals surface area contributed by atoms with Crippen LogP contribution in [0.2, 0.25) is 0 Å². The zero-order chi connectivity index (χ0) is 19.9. The van der Waals surface area contributed by atoms with Gasteiger partial charge in [0.1, 0.15) is 5.82 Å². The van der Waals surface area contributed by atoms with Crippen molar-refractivity contribution < 1.29 is 4.74 Å². The first-order valence-corrected chi connectivity index (χ1v) is 9.64. The van der Waals surface area contributed by atoms with Crippen LogP contribution in [0, 0.1) is 6.92 Å². The van der Waals surface area contributed by atoms with Crippen LogP contribution in [0.4, 0.5) is 11.6 Å². The van der Waals surface area contributed by atoms with Gasteiger partial charge in [-0.25, -0.2) is 14.5 Å². The molecule has 0 spiro atoms. The van der Waals surface area contributed by atoms with E-state index in [9.17, 15) is 0 Å². The maximum atomic E-state index is 6.03. The average Bonchev–Trinajstić information content (AvgIpc) is 3.07. The Morgan fingerprint density at radius 2 is 2.07 bits per heavy atom. The molecule has 0 unspecified atom stereocenters. The number of hydrogen-bond acceptors (Lipinski definition) is 8. The van der Waals surface area contributed by atoms with E-state index in [2.05, 4.69) is 38.4 Å².